The van der Waals surface area contributed by atoms with E-state index >= 15 is 0 Å². The average molecular weight is 859 g/mol. The van der Waals surface area contributed by atoms with Gasteiger partial charge in [0.25, 0.3) is 0 Å². The zero-order valence-corrected chi connectivity index (χ0v) is 35.5. The Morgan fingerprint density at radius 2 is 1.30 bits per heavy atom. The van der Waals surface area contributed by atoms with E-state index < -0.39 is 83.6 Å². The molecule has 1 saturated heterocycles. The van der Waals surface area contributed by atoms with Gasteiger partial charge in [-0.1, -0.05) is 32.9 Å². The summed E-state index contributed by atoms with van der Waals surface area (Å²) in [5.41, 5.74) is 22.9. The number of nitrogens with one attached hydrogen (secondary N) is 9. The van der Waals surface area contributed by atoms with Crippen LogP contribution in [0, 0.1) is 16.7 Å². The van der Waals surface area contributed by atoms with Crippen LogP contribution in [-0.2, 0) is 40.0 Å². The first kappa shape index (κ1) is 51.0. The number of amides is 7. The number of benzene rings is 1. The summed E-state index contributed by atoms with van der Waals surface area (Å²) in [5, 5.41) is 43.0. The van der Waals surface area contributed by atoms with Gasteiger partial charge in [0.15, 0.2) is 11.9 Å². The summed E-state index contributed by atoms with van der Waals surface area (Å²) in [5.74, 6) is -5.15. The molecular formula is C39H66N14O8. The Kier molecular flexibility index (Phi) is 21.2. The van der Waals surface area contributed by atoms with Crippen molar-refractivity contribution in [3.8, 4) is 5.75 Å². The van der Waals surface area contributed by atoms with Gasteiger partial charge < -0.3 is 70.2 Å². The van der Waals surface area contributed by atoms with Gasteiger partial charge in [0, 0.05) is 26.1 Å². The minimum Gasteiger partial charge on any atom is -0.508 e. The van der Waals surface area contributed by atoms with Crippen molar-refractivity contribution in [3.05, 3.63) is 29.8 Å². The summed E-state index contributed by atoms with van der Waals surface area (Å²) in [6, 6.07) is -1.71. The smallest absolute Gasteiger partial charge is 0.243 e. The van der Waals surface area contributed by atoms with Crippen molar-refractivity contribution >= 4 is 53.3 Å². The van der Waals surface area contributed by atoms with Crippen LogP contribution >= 0.6 is 0 Å². The third-order valence-corrected chi connectivity index (χ3v) is 9.95. The van der Waals surface area contributed by atoms with E-state index in [1.54, 1.807) is 19.1 Å². The summed E-state index contributed by atoms with van der Waals surface area (Å²) in [6.07, 6.45) is 2.16. The molecular weight excluding hydrogens is 793 g/mol. The fourth-order valence-corrected chi connectivity index (χ4v) is 6.62. The summed E-state index contributed by atoms with van der Waals surface area (Å²) < 4.78 is 0. The molecule has 7 unspecified atom stereocenters. The van der Waals surface area contributed by atoms with Crippen LogP contribution in [0.15, 0.2) is 24.3 Å². The number of nitrogens with two attached hydrogens (primary N) is 4. The SMILES string of the molecule is CCC(NC(=O)C(CCCNC(=N)N)NC(=O)C1CCCN1C(=O)C(N)CCCNC(=N)N)C(=O)NC(Cc1ccc(O)cc1)C(=O)NC(C)C(=O)NC(CC(C)C)C(N)=O. The molecule has 22 nitrogen and oxygen atoms in total. The molecule has 0 aliphatic carbocycles. The Labute approximate surface area is 356 Å². The maximum Gasteiger partial charge on any atom is 0.243 e. The number of phenolic OH excluding ortho intramolecular Hbond substituents is 1. The van der Waals surface area contributed by atoms with Crippen molar-refractivity contribution in [2.24, 2.45) is 28.9 Å². The van der Waals surface area contributed by atoms with E-state index in [0.717, 1.165) is 0 Å². The molecule has 0 spiro atoms. The van der Waals surface area contributed by atoms with Gasteiger partial charge in [0.1, 0.15) is 42.0 Å². The molecule has 0 radical (unpaired) electrons. The van der Waals surface area contributed by atoms with Gasteiger partial charge in [0.2, 0.25) is 41.4 Å². The van der Waals surface area contributed by atoms with E-state index in [1.165, 1.54) is 24.0 Å². The number of nitrogens with zero attached hydrogens (tertiary/aromatic N) is 1. The van der Waals surface area contributed by atoms with Gasteiger partial charge in [0.05, 0.1) is 6.04 Å². The van der Waals surface area contributed by atoms with Crippen molar-refractivity contribution in [3.63, 3.8) is 0 Å². The number of primary amides is 1. The van der Waals surface area contributed by atoms with Crippen LogP contribution in [-0.4, -0.2) is 125 Å². The first-order valence-corrected chi connectivity index (χ1v) is 20.5. The third kappa shape index (κ3) is 17.9. The second-order valence-corrected chi connectivity index (χ2v) is 15.5. The van der Waals surface area contributed by atoms with Crippen LogP contribution in [0.2, 0.25) is 0 Å². The predicted molar refractivity (Wildman–Crippen MR) is 227 cm³/mol. The number of rotatable bonds is 25. The van der Waals surface area contributed by atoms with Crippen molar-refractivity contribution in [1.29, 1.82) is 10.8 Å². The number of carbonyl (C=O) groups excluding carboxylic acids is 7. The quantitative estimate of drug-likeness (QED) is 0.0268. The molecule has 22 heteroatoms. The van der Waals surface area contributed by atoms with Crippen molar-refractivity contribution in [1.82, 2.24) is 42.1 Å². The molecule has 1 aromatic carbocycles. The fraction of sp³-hybridized carbons (Fsp3) is 0.615. The Balaban J connectivity index is 2.25. The molecule has 340 valence electrons. The van der Waals surface area contributed by atoms with Gasteiger partial charge >= 0.3 is 0 Å². The minimum absolute atomic E-state index is 0.0250. The second kappa shape index (κ2) is 25.4. The van der Waals surface area contributed by atoms with Crippen LogP contribution in [0.1, 0.15) is 84.6 Å². The molecule has 2 rings (SSSR count). The van der Waals surface area contributed by atoms with Crippen LogP contribution in [0.25, 0.3) is 0 Å². The molecule has 18 N–H and O–H groups in total. The van der Waals surface area contributed by atoms with E-state index in [1.807, 2.05) is 13.8 Å². The number of guanidine groups is 2. The Bertz CT molecular complexity index is 1690. The molecule has 1 heterocycles. The van der Waals surface area contributed by atoms with E-state index in [9.17, 15) is 38.7 Å². The number of carbonyl (C=O) groups is 7. The van der Waals surface area contributed by atoms with Gasteiger partial charge in [-0.25, -0.2) is 0 Å². The lowest BCUT2D eigenvalue weighted by Gasteiger charge is -2.29. The molecule has 1 aliphatic rings. The van der Waals surface area contributed by atoms with Crippen LogP contribution in [0.5, 0.6) is 5.75 Å². The first-order valence-electron chi connectivity index (χ1n) is 20.5. The molecule has 1 aromatic rings. The lowest BCUT2D eigenvalue weighted by atomic mass is 10.0. The highest BCUT2D eigenvalue weighted by Gasteiger charge is 2.38. The van der Waals surface area contributed by atoms with Gasteiger partial charge in [-0.2, -0.15) is 0 Å². The van der Waals surface area contributed by atoms with Gasteiger partial charge in [-0.3, -0.25) is 44.4 Å². The maximum atomic E-state index is 13.9. The molecule has 7 amide bonds. The highest BCUT2D eigenvalue weighted by Crippen LogP contribution is 2.20. The van der Waals surface area contributed by atoms with E-state index in [4.69, 9.17) is 33.8 Å². The van der Waals surface area contributed by atoms with Crippen molar-refractivity contribution < 1.29 is 38.7 Å². The topological polar surface area (TPSA) is 379 Å². The molecule has 7 atom stereocenters. The van der Waals surface area contributed by atoms with E-state index in [-0.39, 0.29) is 75.2 Å². The van der Waals surface area contributed by atoms with E-state index in [2.05, 4.69) is 37.2 Å². The summed E-state index contributed by atoms with van der Waals surface area (Å²) >= 11 is 0. The molecule has 1 aliphatic heterocycles. The summed E-state index contributed by atoms with van der Waals surface area (Å²) in [7, 11) is 0. The van der Waals surface area contributed by atoms with Crippen LogP contribution in [0.4, 0.5) is 0 Å². The summed E-state index contributed by atoms with van der Waals surface area (Å²) in [4.78, 5) is 94.8. The average Bonchev–Trinajstić information content (AvgIpc) is 3.69. The Morgan fingerprint density at radius 3 is 1.85 bits per heavy atom. The lowest BCUT2D eigenvalue weighted by Crippen LogP contribution is -2.59. The third-order valence-electron chi connectivity index (χ3n) is 9.95. The number of aromatic hydroxyl groups is 1. The van der Waals surface area contributed by atoms with Crippen molar-refractivity contribution in [2.75, 3.05) is 19.6 Å². The number of hydrogen-bond acceptors (Lipinski definition) is 11. The molecule has 61 heavy (non-hydrogen) atoms. The maximum absolute atomic E-state index is 13.9. The van der Waals surface area contributed by atoms with Crippen LogP contribution < -0.4 is 60.2 Å². The zero-order chi connectivity index (χ0) is 45.8. The number of likely N-dealkylation sites (tertiary alicyclic amines) is 1. The first-order chi connectivity index (χ1) is 28.7. The normalized spacial score (nSPS) is 16.4. The minimum atomic E-state index is -1.28. The Morgan fingerprint density at radius 1 is 0.754 bits per heavy atom. The largest absolute Gasteiger partial charge is 0.508 e. The monoisotopic (exact) mass is 859 g/mol. The summed E-state index contributed by atoms with van der Waals surface area (Å²) in [6.45, 7) is 7.56. The molecule has 1 fully saturated rings. The van der Waals surface area contributed by atoms with Gasteiger partial charge in [-0.05, 0) is 81.9 Å². The highest BCUT2D eigenvalue weighted by atomic mass is 16.3. The molecule has 0 bridgehead atoms. The van der Waals surface area contributed by atoms with E-state index in [0.29, 0.717) is 31.4 Å². The fourth-order valence-electron chi connectivity index (χ4n) is 6.62. The Hall–Kier alpha value is -6.19. The lowest BCUT2D eigenvalue weighted by molar-refractivity contribution is -0.140. The second-order valence-electron chi connectivity index (χ2n) is 15.5. The van der Waals surface area contributed by atoms with Crippen molar-refractivity contribution in [2.45, 2.75) is 128 Å². The zero-order valence-electron chi connectivity index (χ0n) is 35.5. The molecule has 0 saturated carbocycles. The predicted octanol–water partition coefficient (Wildman–Crippen LogP) is -2.84. The molecule has 0 aromatic heterocycles. The number of hydrogen-bond donors (Lipinski definition) is 14. The van der Waals surface area contributed by atoms with Gasteiger partial charge in [-0.15, -0.1) is 0 Å². The van der Waals surface area contributed by atoms with Crippen LogP contribution in [0.3, 0.4) is 0 Å². The standard InChI is InChI=1S/C39H66N14O8/c1-5-26(33(57)52-29(20-23-12-14-24(54)15-13-23)35(59)48-22(4)32(56)51-28(31(41)55)19-21(2)3)49-34(58)27(10-7-17-47-39(44)45)50-36(60)30-11-8-18-53(30)37(61)25(40)9-6-16-46-38(42)43/h12-15,21-22,25-30,54H,5-11,16-20,40H2,1-4H3,(H2,41,55)(H,48,59)(H,49,58)(H,50,60)(H,51,56)(H,52,57)(H4,42,43,46)(H4,44,45,47). The number of phenols is 1. The highest BCUT2D eigenvalue weighted by molar-refractivity contribution is 5.97.